The molecule has 10 heavy (non-hydrogen) atoms. The van der Waals surface area contributed by atoms with Crippen LogP contribution in [0.1, 0.15) is 11.3 Å². The van der Waals surface area contributed by atoms with Gasteiger partial charge < -0.3 is 0 Å². The molecule has 0 saturated carbocycles. The van der Waals surface area contributed by atoms with Gasteiger partial charge in [0.25, 0.3) is 0 Å². The molecule has 0 atom stereocenters. The van der Waals surface area contributed by atoms with Crippen LogP contribution in [0.15, 0.2) is 23.3 Å². The van der Waals surface area contributed by atoms with E-state index >= 15 is 0 Å². The van der Waals surface area contributed by atoms with E-state index in [9.17, 15) is 0 Å². The quantitative estimate of drug-likeness (QED) is 0.533. The normalized spacial score (nSPS) is 10.6. The lowest BCUT2D eigenvalue weighted by Crippen LogP contribution is -1.89. The molecule has 0 N–H and O–H groups in total. The van der Waals surface area contributed by atoms with Crippen LogP contribution >= 0.6 is 0 Å². The van der Waals surface area contributed by atoms with Gasteiger partial charge >= 0.3 is 0 Å². The summed E-state index contributed by atoms with van der Waals surface area (Å²) >= 11 is 0. The first-order valence-electron chi connectivity index (χ1n) is 3.18. The second-order valence-corrected chi connectivity index (χ2v) is 2.09. The van der Waals surface area contributed by atoms with Crippen molar-refractivity contribution in [3.05, 3.63) is 29.6 Å². The summed E-state index contributed by atoms with van der Waals surface area (Å²) in [5.74, 6) is 0. The standard InChI is InChI=1S/C8H10N2/c1-7-4-3-5-10-8(7)6-9-2/h3-6H,1-2H3/b9-6-. The lowest BCUT2D eigenvalue weighted by Gasteiger charge is -1.94. The van der Waals surface area contributed by atoms with E-state index in [0.29, 0.717) is 0 Å². The molecule has 0 bridgehead atoms. The van der Waals surface area contributed by atoms with Crippen molar-refractivity contribution >= 4 is 6.21 Å². The van der Waals surface area contributed by atoms with Gasteiger partial charge in [0, 0.05) is 19.5 Å². The highest BCUT2D eigenvalue weighted by Crippen LogP contribution is 1.98. The minimum atomic E-state index is 0.949. The summed E-state index contributed by atoms with van der Waals surface area (Å²) in [6, 6.07) is 3.94. The van der Waals surface area contributed by atoms with E-state index in [0.717, 1.165) is 11.3 Å². The highest BCUT2D eigenvalue weighted by Gasteiger charge is 1.90. The molecule has 0 fully saturated rings. The van der Waals surface area contributed by atoms with Crippen molar-refractivity contribution in [2.45, 2.75) is 6.92 Å². The van der Waals surface area contributed by atoms with Crippen LogP contribution in [0.5, 0.6) is 0 Å². The fourth-order valence-corrected chi connectivity index (χ4v) is 0.755. The van der Waals surface area contributed by atoms with Gasteiger partial charge in [0.1, 0.15) is 0 Å². The summed E-state index contributed by atoms with van der Waals surface area (Å²) in [6.07, 6.45) is 3.53. The first-order valence-corrected chi connectivity index (χ1v) is 3.18. The Balaban J connectivity index is 3.03. The van der Waals surface area contributed by atoms with Crippen LogP contribution < -0.4 is 0 Å². The number of nitrogens with zero attached hydrogens (tertiary/aromatic N) is 2. The smallest absolute Gasteiger partial charge is 0.0836 e. The zero-order valence-electron chi connectivity index (χ0n) is 6.20. The van der Waals surface area contributed by atoms with E-state index in [1.807, 2.05) is 19.1 Å². The monoisotopic (exact) mass is 134 g/mol. The topological polar surface area (TPSA) is 25.2 Å². The molecule has 1 aromatic rings. The van der Waals surface area contributed by atoms with Gasteiger partial charge in [-0.25, -0.2) is 0 Å². The van der Waals surface area contributed by atoms with Crippen molar-refractivity contribution in [2.24, 2.45) is 4.99 Å². The average Bonchev–Trinajstić information content (AvgIpc) is 1.94. The van der Waals surface area contributed by atoms with Crippen molar-refractivity contribution in [1.29, 1.82) is 0 Å². The van der Waals surface area contributed by atoms with E-state index in [1.165, 1.54) is 0 Å². The third kappa shape index (κ3) is 1.41. The summed E-state index contributed by atoms with van der Waals surface area (Å²) in [7, 11) is 1.74. The first-order chi connectivity index (χ1) is 4.84. The maximum atomic E-state index is 4.12. The molecular weight excluding hydrogens is 124 g/mol. The van der Waals surface area contributed by atoms with Crippen LogP contribution in [0.25, 0.3) is 0 Å². The summed E-state index contributed by atoms with van der Waals surface area (Å²) in [6.45, 7) is 2.02. The van der Waals surface area contributed by atoms with Crippen molar-refractivity contribution in [3.63, 3.8) is 0 Å². The van der Waals surface area contributed by atoms with Gasteiger partial charge in [-0.1, -0.05) is 6.07 Å². The molecule has 2 heteroatoms. The Hall–Kier alpha value is -1.18. The van der Waals surface area contributed by atoms with E-state index in [2.05, 4.69) is 9.98 Å². The van der Waals surface area contributed by atoms with Crippen LogP contribution in [0, 0.1) is 6.92 Å². The third-order valence-corrected chi connectivity index (χ3v) is 1.30. The molecule has 52 valence electrons. The van der Waals surface area contributed by atoms with Crippen molar-refractivity contribution in [2.75, 3.05) is 7.05 Å². The van der Waals surface area contributed by atoms with Gasteiger partial charge in [-0.15, -0.1) is 0 Å². The van der Waals surface area contributed by atoms with Crippen molar-refractivity contribution in [1.82, 2.24) is 4.98 Å². The summed E-state index contributed by atoms with van der Waals surface area (Å²) in [5.41, 5.74) is 2.11. The van der Waals surface area contributed by atoms with Crippen molar-refractivity contribution in [3.8, 4) is 0 Å². The Labute approximate surface area is 60.6 Å². The number of hydrogen-bond acceptors (Lipinski definition) is 2. The third-order valence-electron chi connectivity index (χ3n) is 1.30. The second-order valence-electron chi connectivity index (χ2n) is 2.09. The SMILES string of the molecule is C/N=C\c1ncccc1C. The maximum absolute atomic E-state index is 4.12. The first kappa shape index (κ1) is 6.93. The molecule has 1 aromatic heterocycles. The van der Waals surface area contributed by atoms with Crippen LogP contribution in [0.4, 0.5) is 0 Å². The fraction of sp³-hybridized carbons (Fsp3) is 0.250. The molecule has 1 rings (SSSR count). The number of aryl methyl sites for hydroxylation is 1. The number of pyridine rings is 1. The molecule has 0 amide bonds. The zero-order valence-corrected chi connectivity index (χ0v) is 6.20. The Morgan fingerprint density at radius 1 is 1.60 bits per heavy atom. The zero-order chi connectivity index (χ0) is 7.40. The predicted octanol–water partition coefficient (Wildman–Crippen LogP) is 1.44. The van der Waals surface area contributed by atoms with Gasteiger partial charge in [0.05, 0.1) is 5.69 Å². The van der Waals surface area contributed by atoms with E-state index in [1.54, 1.807) is 19.5 Å². The molecule has 0 aliphatic carbocycles. The summed E-state index contributed by atoms with van der Waals surface area (Å²) in [4.78, 5) is 8.00. The maximum Gasteiger partial charge on any atom is 0.0836 e. The Morgan fingerprint density at radius 3 is 3.00 bits per heavy atom. The number of rotatable bonds is 1. The van der Waals surface area contributed by atoms with Gasteiger partial charge in [-0.2, -0.15) is 0 Å². The molecule has 2 nitrogen and oxygen atoms in total. The van der Waals surface area contributed by atoms with Crippen LogP contribution in [-0.4, -0.2) is 18.2 Å². The number of aliphatic imine (C=N–C) groups is 1. The Morgan fingerprint density at radius 2 is 2.40 bits per heavy atom. The van der Waals surface area contributed by atoms with Crippen LogP contribution in [-0.2, 0) is 0 Å². The van der Waals surface area contributed by atoms with Crippen molar-refractivity contribution < 1.29 is 0 Å². The average molecular weight is 134 g/mol. The predicted molar refractivity (Wildman–Crippen MR) is 42.5 cm³/mol. The van der Waals surface area contributed by atoms with Crippen LogP contribution in [0.2, 0.25) is 0 Å². The Bertz CT molecular complexity index is 241. The molecule has 0 radical (unpaired) electrons. The largest absolute Gasteiger partial charge is 0.294 e. The Kier molecular flexibility index (Phi) is 2.15. The molecule has 1 heterocycles. The lowest BCUT2D eigenvalue weighted by atomic mass is 10.2. The molecule has 0 aliphatic rings. The van der Waals surface area contributed by atoms with Gasteiger partial charge in [0.15, 0.2) is 0 Å². The second kappa shape index (κ2) is 3.11. The van der Waals surface area contributed by atoms with E-state index in [4.69, 9.17) is 0 Å². The number of aromatic nitrogens is 1. The van der Waals surface area contributed by atoms with E-state index in [-0.39, 0.29) is 0 Å². The fourth-order valence-electron chi connectivity index (χ4n) is 0.755. The molecule has 0 aliphatic heterocycles. The highest BCUT2D eigenvalue weighted by atomic mass is 14.7. The van der Waals surface area contributed by atoms with Gasteiger partial charge in [-0.3, -0.25) is 9.98 Å². The van der Waals surface area contributed by atoms with Gasteiger partial charge in [-0.05, 0) is 18.6 Å². The summed E-state index contributed by atoms with van der Waals surface area (Å²) in [5, 5.41) is 0. The minimum Gasteiger partial charge on any atom is -0.294 e. The molecule has 0 spiro atoms. The van der Waals surface area contributed by atoms with Gasteiger partial charge in [0.2, 0.25) is 0 Å². The highest BCUT2D eigenvalue weighted by molar-refractivity contribution is 5.78. The minimum absolute atomic E-state index is 0.949. The number of hydrogen-bond donors (Lipinski definition) is 0. The lowest BCUT2D eigenvalue weighted by molar-refractivity contribution is 1.24. The molecule has 0 saturated heterocycles. The summed E-state index contributed by atoms with van der Waals surface area (Å²) < 4.78 is 0. The molecule has 0 aromatic carbocycles. The molecular formula is C8H10N2. The van der Waals surface area contributed by atoms with E-state index < -0.39 is 0 Å². The van der Waals surface area contributed by atoms with Crippen LogP contribution in [0.3, 0.4) is 0 Å². The molecule has 0 unspecified atom stereocenters.